The van der Waals surface area contributed by atoms with E-state index in [0.29, 0.717) is 23.2 Å². The fourth-order valence-corrected chi connectivity index (χ4v) is 4.25. The van der Waals surface area contributed by atoms with Gasteiger partial charge in [0.25, 0.3) is 0 Å². The summed E-state index contributed by atoms with van der Waals surface area (Å²) in [6.07, 6.45) is 5.50. The second-order valence-corrected chi connectivity index (χ2v) is 7.77. The topological polar surface area (TPSA) is 118 Å². The van der Waals surface area contributed by atoms with Gasteiger partial charge in [0.05, 0.1) is 17.1 Å². The summed E-state index contributed by atoms with van der Waals surface area (Å²) in [6, 6.07) is 8.33. The average Bonchev–Trinajstić information content (AvgIpc) is 3.22. The van der Waals surface area contributed by atoms with E-state index >= 15 is 0 Å². The van der Waals surface area contributed by atoms with E-state index in [-0.39, 0.29) is 5.69 Å². The molecule has 150 valence electrons. The minimum Gasteiger partial charge on any atom is -0.476 e. The summed E-state index contributed by atoms with van der Waals surface area (Å²) in [5.74, 6) is 0.909. The summed E-state index contributed by atoms with van der Waals surface area (Å²) < 4.78 is 0. The maximum atomic E-state index is 11.4. The monoisotopic (exact) mass is 392 g/mol. The van der Waals surface area contributed by atoms with Crippen LogP contribution in [0.4, 0.5) is 0 Å². The van der Waals surface area contributed by atoms with Crippen LogP contribution in [-0.4, -0.2) is 41.7 Å². The number of tetrazole rings is 1. The van der Waals surface area contributed by atoms with Crippen molar-refractivity contribution >= 4 is 5.97 Å². The zero-order chi connectivity index (χ0) is 20.4. The van der Waals surface area contributed by atoms with Crippen LogP contribution in [0.2, 0.25) is 0 Å². The van der Waals surface area contributed by atoms with Gasteiger partial charge < -0.3 is 5.11 Å². The van der Waals surface area contributed by atoms with Crippen LogP contribution in [0.25, 0.3) is 11.3 Å². The van der Waals surface area contributed by atoms with Gasteiger partial charge in [-0.15, -0.1) is 10.2 Å². The van der Waals surface area contributed by atoms with Gasteiger partial charge in [-0.2, -0.15) is 5.21 Å². The van der Waals surface area contributed by atoms with E-state index in [9.17, 15) is 9.90 Å². The summed E-state index contributed by atoms with van der Waals surface area (Å²) in [6.45, 7) is 3.53. The van der Waals surface area contributed by atoms with E-state index in [4.69, 9.17) is 0 Å². The Bertz CT molecular complexity index is 993. The van der Waals surface area contributed by atoms with Gasteiger partial charge in [0.2, 0.25) is 0 Å². The molecule has 3 aromatic rings. The predicted molar refractivity (Wildman–Crippen MR) is 106 cm³/mol. The Balaban J connectivity index is 1.45. The third-order valence-electron chi connectivity index (χ3n) is 5.81. The molecule has 0 spiro atoms. The first-order valence-corrected chi connectivity index (χ1v) is 9.92. The molecule has 1 aromatic carbocycles. The van der Waals surface area contributed by atoms with Gasteiger partial charge in [-0.3, -0.25) is 4.98 Å². The lowest BCUT2D eigenvalue weighted by Crippen LogP contribution is -2.16. The van der Waals surface area contributed by atoms with Crippen LogP contribution >= 0.6 is 0 Å². The minimum atomic E-state index is -1.05. The number of nitrogens with zero attached hydrogens (tertiary/aromatic N) is 5. The molecule has 8 nitrogen and oxygen atoms in total. The van der Waals surface area contributed by atoms with Gasteiger partial charge in [0.15, 0.2) is 11.5 Å². The molecule has 29 heavy (non-hydrogen) atoms. The van der Waals surface area contributed by atoms with Gasteiger partial charge >= 0.3 is 5.97 Å². The Kier molecular flexibility index (Phi) is 5.33. The summed E-state index contributed by atoms with van der Waals surface area (Å²) >= 11 is 0. The van der Waals surface area contributed by atoms with E-state index in [2.05, 4.69) is 42.7 Å². The van der Waals surface area contributed by atoms with Crippen molar-refractivity contribution in [2.75, 3.05) is 0 Å². The molecular formula is C21H24N6O2. The number of nitrogens with one attached hydrogen (secondary N) is 1. The molecule has 2 aromatic heterocycles. The standard InChI is InChI=1S/C21H24N6O2/c1-12-19(23-20(21(28)29)13(2)22-12)17-9-7-16(8-10-17)15-5-3-14(4-6-15)11-18-24-26-27-25-18/h7-10,14-15H,3-6,11H2,1-2H3,(H,28,29)(H,24,25,26,27). The summed E-state index contributed by atoms with van der Waals surface area (Å²) in [7, 11) is 0. The number of H-pyrrole nitrogens is 1. The number of aromatic amines is 1. The highest BCUT2D eigenvalue weighted by Gasteiger charge is 2.24. The van der Waals surface area contributed by atoms with Gasteiger partial charge in [0, 0.05) is 12.0 Å². The number of aromatic nitrogens is 6. The van der Waals surface area contributed by atoms with E-state index in [1.807, 2.05) is 19.1 Å². The molecule has 0 radical (unpaired) electrons. The zero-order valence-electron chi connectivity index (χ0n) is 16.6. The number of carboxylic acids is 1. The lowest BCUT2D eigenvalue weighted by molar-refractivity contribution is 0.0689. The van der Waals surface area contributed by atoms with Crippen LogP contribution < -0.4 is 0 Å². The maximum absolute atomic E-state index is 11.4. The number of hydrogen-bond acceptors (Lipinski definition) is 6. The number of rotatable bonds is 5. The molecule has 0 amide bonds. The van der Waals surface area contributed by atoms with Crippen molar-refractivity contribution in [2.45, 2.75) is 51.9 Å². The van der Waals surface area contributed by atoms with Crippen molar-refractivity contribution in [2.24, 2.45) is 5.92 Å². The largest absolute Gasteiger partial charge is 0.476 e. The quantitative estimate of drug-likeness (QED) is 0.682. The lowest BCUT2D eigenvalue weighted by atomic mass is 9.77. The predicted octanol–water partition coefficient (Wildman–Crippen LogP) is 3.49. The van der Waals surface area contributed by atoms with E-state index in [1.165, 1.54) is 5.56 Å². The Labute approximate surface area is 168 Å². The Morgan fingerprint density at radius 2 is 1.79 bits per heavy atom. The molecule has 0 unspecified atom stereocenters. The van der Waals surface area contributed by atoms with Crippen LogP contribution in [0.3, 0.4) is 0 Å². The molecule has 1 fully saturated rings. The molecule has 0 saturated heterocycles. The molecule has 1 saturated carbocycles. The van der Waals surface area contributed by atoms with Crippen molar-refractivity contribution in [3.63, 3.8) is 0 Å². The first-order valence-electron chi connectivity index (χ1n) is 9.92. The summed E-state index contributed by atoms with van der Waals surface area (Å²) in [5, 5.41) is 23.6. The third kappa shape index (κ3) is 4.16. The molecular weight excluding hydrogens is 368 g/mol. The molecule has 1 aliphatic carbocycles. The third-order valence-corrected chi connectivity index (χ3v) is 5.81. The molecule has 2 heterocycles. The van der Waals surface area contributed by atoms with E-state index in [1.54, 1.807) is 6.92 Å². The van der Waals surface area contributed by atoms with Crippen LogP contribution in [0.15, 0.2) is 24.3 Å². The Morgan fingerprint density at radius 1 is 1.07 bits per heavy atom. The molecule has 0 atom stereocenters. The van der Waals surface area contributed by atoms with Crippen molar-refractivity contribution in [3.8, 4) is 11.3 Å². The molecule has 0 bridgehead atoms. The van der Waals surface area contributed by atoms with Crippen molar-refractivity contribution in [3.05, 3.63) is 52.7 Å². The van der Waals surface area contributed by atoms with E-state index in [0.717, 1.165) is 49.2 Å². The Hall–Kier alpha value is -3.16. The van der Waals surface area contributed by atoms with Crippen molar-refractivity contribution in [1.29, 1.82) is 0 Å². The first kappa shape index (κ1) is 19.2. The lowest BCUT2D eigenvalue weighted by Gasteiger charge is -2.28. The van der Waals surface area contributed by atoms with Crippen LogP contribution in [0.1, 0.15) is 64.9 Å². The fourth-order valence-electron chi connectivity index (χ4n) is 4.25. The number of hydrogen-bond donors (Lipinski definition) is 2. The normalized spacial score (nSPS) is 19.2. The summed E-state index contributed by atoms with van der Waals surface area (Å²) in [5.41, 5.74) is 4.03. The molecule has 4 rings (SSSR count). The molecule has 8 heteroatoms. The highest BCUT2D eigenvalue weighted by molar-refractivity contribution is 5.87. The van der Waals surface area contributed by atoms with Gasteiger partial charge in [-0.1, -0.05) is 29.5 Å². The van der Waals surface area contributed by atoms with E-state index < -0.39 is 5.97 Å². The highest BCUT2D eigenvalue weighted by atomic mass is 16.4. The van der Waals surface area contributed by atoms with Crippen molar-refractivity contribution < 1.29 is 9.90 Å². The van der Waals surface area contributed by atoms with Crippen LogP contribution in [0, 0.1) is 19.8 Å². The SMILES string of the molecule is Cc1nc(C)c(-c2ccc(C3CCC(Cc4nn[nH]n4)CC3)cc2)nc1C(=O)O. The number of aryl methyl sites for hydroxylation is 2. The maximum Gasteiger partial charge on any atom is 0.356 e. The molecule has 1 aliphatic rings. The number of carbonyl (C=O) groups is 1. The highest BCUT2D eigenvalue weighted by Crippen LogP contribution is 2.37. The second-order valence-electron chi connectivity index (χ2n) is 7.77. The fraction of sp³-hybridized carbons (Fsp3) is 0.429. The van der Waals surface area contributed by atoms with Crippen LogP contribution in [0.5, 0.6) is 0 Å². The second kappa shape index (κ2) is 8.06. The number of carboxylic acid groups (broad SMARTS) is 1. The molecule has 2 N–H and O–H groups in total. The zero-order valence-corrected chi connectivity index (χ0v) is 16.6. The molecule has 0 aliphatic heterocycles. The van der Waals surface area contributed by atoms with Gasteiger partial charge in [0.1, 0.15) is 0 Å². The van der Waals surface area contributed by atoms with Crippen molar-refractivity contribution in [1.82, 2.24) is 30.6 Å². The smallest absolute Gasteiger partial charge is 0.356 e. The first-order chi connectivity index (χ1) is 14.0. The Morgan fingerprint density at radius 3 is 2.41 bits per heavy atom. The number of aromatic carboxylic acids is 1. The number of benzene rings is 1. The van der Waals surface area contributed by atoms with Crippen LogP contribution in [-0.2, 0) is 6.42 Å². The van der Waals surface area contributed by atoms with Gasteiger partial charge in [-0.25, -0.2) is 9.78 Å². The average molecular weight is 392 g/mol. The van der Waals surface area contributed by atoms with Gasteiger partial charge in [-0.05, 0) is 56.9 Å². The minimum absolute atomic E-state index is 0.00889. The summed E-state index contributed by atoms with van der Waals surface area (Å²) in [4.78, 5) is 20.1.